The molecule has 1 aromatic heterocycles. The second-order valence-electron chi connectivity index (χ2n) is 6.69. The van der Waals surface area contributed by atoms with Crippen molar-refractivity contribution in [1.29, 1.82) is 0 Å². The number of carbonyl (C=O) groups excluding carboxylic acids is 1. The molecule has 0 saturated heterocycles. The molecule has 0 radical (unpaired) electrons. The molecule has 0 saturated carbocycles. The molecule has 3 rings (SSSR count). The quantitative estimate of drug-likeness (QED) is 0.421. The molecule has 0 atom stereocenters. The first-order valence-electron chi connectivity index (χ1n) is 9.43. The van der Waals surface area contributed by atoms with Crippen LogP contribution in [0.25, 0.3) is 11.3 Å². The predicted octanol–water partition coefficient (Wildman–Crippen LogP) is 5.16. The van der Waals surface area contributed by atoms with Gasteiger partial charge >= 0.3 is 5.97 Å². The van der Waals surface area contributed by atoms with Crippen molar-refractivity contribution in [2.75, 3.05) is 6.61 Å². The molecule has 2 aromatic carbocycles. The Balaban J connectivity index is 1.65. The van der Waals surface area contributed by atoms with E-state index in [1.807, 2.05) is 19.9 Å². The molecule has 5 nitrogen and oxygen atoms in total. The van der Waals surface area contributed by atoms with E-state index in [4.69, 9.17) is 9.47 Å². The number of hydrogen-bond acceptors (Lipinski definition) is 5. The normalized spacial score (nSPS) is 10.5. The first kappa shape index (κ1) is 19.5. The molecule has 0 N–H and O–H groups in total. The van der Waals surface area contributed by atoms with Crippen molar-refractivity contribution >= 4 is 5.97 Å². The van der Waals surface area contributed by atoms with E-state index < -0.39 is 5.97 Å². The maximum absolute atomic E-state index is 12.3. The van der Waals surface area contributed by atoms with Crippen LogP contribution in [0.3, 0.4) is 0 Å². The summed E-state index contributed by atoms with van der Waals surface area (Å²) in [4.78, 5) is 12.3. The smallest absolute Gasteiger partial charge is 0.344 e. The molecule has 3 aromatic rings. The number of aromatic nitrogens is 2. The molecule has 5 heteroatoms. The Bertz CT molecular complexity index is 935. The number of hydrogen-bond donors (Lipinski definition) is 0. The zero-order valence-corrected chi connectivity index (χ0v) is 16.4. The number of benzene rings is 2. The summed E-state index contributed by atoms with van der Waals surface area (Å²) in [5.41, 5.74) is 4.47. The van der Waals surface area contributed by atoms with Gasteiger partial charge in [-0.25, -0.2) is 4.79 Å². The fourth-order valence-electron chi connectivity index (χ4n) is 2.71. The topological polar surface area (TPSA) is 61.3 Å². The van der Waals surface area contributed by atoms with E-state index in [-0.39, 0.29) is 5.88 Å². The lowest BCUT2D eigenvalue weighted by Gasteiger charge is -2.08. The lowest BCUT2D eigenvalue weighted by molar-refractivity contribution is 0.0726. The van der Waals surface area contributed by atoms with E-state index in [2.05, 4.69) is 35.3 Å². The number of esters is 1. The summed E-state index contributed by atoms with van der Waals surface area (Å²) in [6.45, 7) is 6.84. The largest absolute Gasteiger partial charge is 0.494 e. The maximum Gasteiger partial charge on any atom is 0.344 e. The standard InChI is InChI=1S/C23H24N2O3/c1-4-5-14-27-19-10-8-18(9-11-19)23(26)28-22-13-12-21(24-25-22)20-15-16(2)6-7-17(20)3/h6-13,15H,4-5,14H2,1-3H3. The molecule has 0 amide bonds. The Morgan fingerprint density at radius 2 is 1.75 bits per heavy atom. The Hall–Kier alpha value is -3.21. The number of ether oxygens (including phenoxy) is 2. The maximum atomic E-state index is 12.3. The Morgan fingerprint density at radius 3 is 2.43 bits per heavy atom. The summed E-state index contributed by atoms with van der Waals surface area (Å²) in [5.74, 6) is 0.430. The van der Waals surface area contributed by atoms with Gasteiger partial charge in [-0.2, -0.15) is 0 Å². The molecule has 0 aliphatic heterocycles. The minimum Gasteiger partial charge on any atom is -0.494 e. The second kappa shape index (κ2) is 9.13. The third kappa shape index (κ3) is 4.94. The van der Waals surface area contributed by atoms with Crippen molar-refractivity contribution in [3.8, 4) is 22.9 Å². The van der Waals surface area contributed by atoms with Crippen LogP contribution in [0, 0.1) is 13.8 Å². The number of nitrogens with zero attached hydrogens (tertiary/aromatic N) is 2. The first-order valence-corrected chi connectivity index (χ1v) is 9.43. The van der Waals surface area contributed by atoms with Gasteiger partial charge in [0, 0.05) is 11.6 Å². The SMILES string of the molecule is CCCCOc1ccc(C(=O)Oc2ccc(-c3cc(C)ccc3C)nn2)cc1. The van der Waals surface area contributed by atoms with E-state index in [1.54, 1.807) is 30.3 Å². The van der Waals surface area contributed by atoms with E-state index in [9.17, 15) is 4.79 Å². The highest BCUT2D eigenvalue weighted by Gasteiger charge is 2.11. The highest BCUT2D eigenvalue weighted by molar-refractivity contribution is 5.91. The number of unbranched alkanes of at least 4 members (excludes halogenated alkanes) is 1. The van der Waals surface area contributed by atoms with Crippen molar-refractivity contribution < 1.29 is 14.3 Å². The van der Waals surface area contributed by atoms with E-state index >= 15 is 0 Å². The van der Waals surface area contributed by atoms with Crippen LogP contribution in [-0.2, 0) is 0 Å². The summed E-state index contributed by atoms with van der Waals surface area (Å²) in [6, 6.07) is 16.5. The van der Waals surface area contributed by atoms with Gasteiger partial charge in [-0.1, -0.05) is 31.0 Å². The molecule has 0 unspecified atom stereocenters. The van der Waals surface area contributed by atoms with Crippen LogP contribution in [0.2, 0.25) is 0 Å². The van der Waals surface area contributed by atoms with Crippen LogP contribution in [0.15, 0.2) is 54.6 Å². The van der Waals surface area contributed by atoms with Crippen LogP contribution >= 0.6 is 0 Å². The third-order valence-corrected chi connectivity index (χ3v) is 4.36. The Kier molecular flexibility index (Phi) is 6.37. The molecule has 144 valence electrons. The summed E-state index contributed by atoms with van der Waals surface area (Å²) >= 11 is 0. The second-order valence-corrected chi connectivity index (χ2v) is 6.69. The molecule has 0 aliphatic carbocycles. The van der Waals surface area contributed by atoms with Gasteiger partial charge in [0.05, 0.1) is 17.9 Å². The molecule has 28 heavy (non-hydrogen) atoms. The Morgan fingerprint density at radius 1 is 0.964 bits per heavy atom. The molecule has 1 heterocycles. The third-order valence-electron chi connectivity index (χ3n) is 4.36. The molecular weight excluding hydrogens is 352 g/mol. The van der Waals surface area contributed by atoms with Gasteiger partial charge in [0.15, 0.2) is 0 Å². The Labute approximate surface area is 165 Å². The van der Waals surface area contributed by atoms with Crippen LogP contribution in [0.5, 0.6) is 11.6 Å². The van der Waals surface area contributed by atoms with Crippen LogP contribution in [0.4, 0.5) is 0 Å². The minimum absolute atomic E-state index is 0.169. The summed E-state index contributed by atoms with van der Waals surface area (Å²) in [6.07, 6.45) is 2.08. The van der Waals surface area contributed by atoms with Crippen molar-refractivity contribution in [3.63, 3.8) is 0 Å². The van der Waals surface area contributed by atoms with Crippen molar-refractivity contribution in [1.82, 2.24) is 10.2 Å². The fraction of sp³-hybridized carbons (Fsp3) is 0.261. The number of aryl methyl sites for hydroxylation is 2. The van der Waals surface area contributed by atoms with Gasteiger partial charge in [0.25, 0.3) is 0 Å². The van der Waals surface area contributed by atoms with E-state index in [0.717, 1.165) is 41.0 Å². The average Bonchev–Trinajstić information content (AvgIpc) is 2.71. The monoisotopic (exact) mass is 376 g/mol. The zero-order chi connectivity index (χ0) is 19.9. The van der Waals surface area contributed by atoms with Crippen molar-refractivity contribution in [2.24, 2.45) is 0 Å². The molecule has 0 bridgehead atoms. The summed E-state index contributed by atoms with van der Waals surface area (Å²) in [7, 11) is 0. The van der Waals surface area contributed by atoms with Crippen LogP contribution < -0.4 is 9.47 Å². The van der Waals surface area contributed by atoms with Crippen molar-refractivity contribution in [3.05, 3.63) is 71.3 Å². The lowest BCUT2D eigenvalue weighted by Crippen LogP contribution is -2.10. The van der Waals surface area contributed by atoms with Gasteiger partial charge in [-0.15, -0.1) is 10.2 Å². The van der Waals surface area contributed by atoms with Crippen LogP contribution in [0.1, 0.15) is 41.3 Å². The summed E-state index contributed by atoms with van der Waals surface area (Å²) < 4.78 is 10.9. The zero-order valence-electron chi connectivity index (χ0n) is 16.4. The molecular formula is C23H24N2O3. The van der Waals surface area contributed by atoms with Crippen LogP contribution in [-0.4, -0.2) is 22.8 Å². The fourth-order valence-corrected chi connectivity index (χ4v) is 2.71. The lowest BCUT2D eigenvalue weighted by atomic mass is 10.0. The number of carbonyl (C=O) groups is 1. The van der Waals surface area contributed by atoms with Gasteiger partial charge in [-0.3, -0.25) is 0 Å². The highest BCUT2D eigenvalue weighted by atomic mass is 16.5. The average molecular weight is 376 g/mol. The van der Waals surface area contributed by atoms with Gasteiger partial charge in [0.2, 0.25) is 5.88 Å². The highest BCUT2D eigenvalue weighted by Crippen LogP contribution is 2.23. The van der Waals surface area contributed by atoms with Gasteiger partial charge in [-0.05, 0) is 62.2 Å². The van der Waals surface area contributed by atoms with Gasteiger partial charge < -0.3 is 9.47 Å². The van der Waals surface area contributed by atoms with Gasteiger partial charge in [0.1, 0.15) is 5.75 Å². The van der Waals surface area contributed by atoms with E-state index in [1.165, 1.54) is 0 Å². The predicted molar refractivity (Wildman–Crippen MR) is 109 cm³/mol. The molecule has 0 aliphatic rings. The molecule has 0 spiro atoms. The number of rotatable bonds is 7. The first-order chi connectivity index (χ1) is 13.6. The van der Waals surface area contributed by atoms with E-state index in [0.29, 0.717) is 12.2 Å². The van der Waals surface area contributed by atoms with Crippen molar-refractivity contribution in [2.45, 2.75) is 33.6 Å². The minimum atomic E-state index is -0.478. The molecule has 0 fully saturated rings. The summed E-state index contributed by atoms with van der Waals surface area (Å²) in [5, 5.41) is 8.25.